The predicted molar refractivity (Wildman–Crippen MR) is 82.0 cm³/mol. The molecule has 6 nitrogen and oxygen atoms in total. The fourth-order valence-corrected chi connectivity index (χ4v) is 2.33. The molecule has 0 aliphatic heterocycles. The molecule has 0 saturated heterocycles. The predicted octanol–water partition coefficient (Wildman–Crippen LogP) is 2.95. The van der Waals surface area contributed by atoms with Crippen molar-refractivity contribution in [2.45, 2.75) is 20.8 Å². The lowest BCUT2D eigenvalue weighted by molar-refractivity contribution is -0.385. The van der Waals surface area contributed by atoms with Crippen LogP contribution in [0.5, 0.6) is 0 Å². The average Bonchev–Trinajstić information content (AvgIpc) is 2.40. The molecule has 0 aromatic heterocycles. The molecule has 0 heterocycles. The second-order valence-electron chi connectivity index (χ2n) is 4.30. The zero-order valence-electron chi connectivity index (χ0n) is 11.8. The van der Waals surface area contributed by atoms with Gasteiger partial charge in [0.2, 0.25) is 5.91 Å². The summed E-state index contributed by atoms with van der Waals surface area (Å²) < 4.78 is 0.571. The van der Waals surface area contributed by atoms with Gasteiger partial charge in [0, 0.05) is 34.9 Å². The summed E-state index contributed by atoms with van der Waals surface area (Å²) in [6, 6.07) is 3.11. The molecule has 1 aromatic rings. The minimum atomic E-state index is -0.426. The third-order valence-electron chi connectivity index (χ3n) is 3.03. The Bertz CT molecular complexity index is 516. The number of rotatable bonds is 6. The Hall–Kier alpha value is -1.63. The molecule has 0 atom stereocenters. The van der Waals surface area contributed by atoms with Crippen LogP contribution in [0.2, 0.25) is 0 Å². The van der Waals surface area contributed by atoms with Gasteiger partial charge in [-0.05, 0) is 42.8 Å². The Kier molecular flexibility index (Phi) is 5.94. The first kappa shape index (κ1) is 16.4. The van der Waals surface area contributed by atoms with Crippen molar-refractivity contribution in [3.05, 3.63) is 32.3 Å². The molecule has 20 heavy (non-hydrogen) atoms. The number of carbonyl (C=O) groups excluding carboxylic acids is 1. The van der Waals surface area contributed by atoms with E-state index in [1.165, 1.54) is 6.07 Å². The number of anilines is 1. The summed E-state index contributed by atoms with van der Waals surface area (Å²) in [6.07, 6.45) is 0. The quantitative estimate of drug-likeness (QED) is 0.636. The van der Waals surface area contributed by atoms with Crippen molar-refractivity contribution in [2.24, 2.45) is 0 Å². The second kappa shape index (κ2) is 7.23. The summed E-state index contributed by atoms with van der Waals surface area (Å²) in [7, 11) is 0. The third kappa shape index (κ3) is 3.93. The maximum absolute atomic E-state index is 11.9. The fraction of sp³-hybridized carbons (Fsp3) is 0.462. The van der Waals surface area contributed by atoms with Crippen molar-refractivity contribution < 1.29 is 9.72 Å². The number of nitrogens with one attached hydrogen (secondary N) is 1. The number of aryl methyl sites for hydroxylation is 1. The first-order chi connectivity index (χ1) is 9.40. The number of hydrogen-bond acceptors (Lipinski definition) is 4. The van der Waals surface area contributed by atoms with Crippen LogP contribution in [0.4, 0.5) is 11.4 Å². The van der Waals surface area contributed by atoms with Gasteiger partial charge in [0.15, 0.2) is 0 Å². The Morgan fingerprint density at radius 2 is 2.00 bits per heavy atom. The molecule has 0 radical (unpaired) electrons. The van der Waals surface area contributed by atoms with Crippen molar-refractivity contribution in [2.75, 3.05) is 25.0 Å². The monoisotopic (exact) mass is 343 g/mol. The lowest BCUT2D eigenvalue weighted by atomic mass is 10.2. The summed E-state index contributed by atoms with van der Waals surface area (Å²) in [5.41, 5.74) is 1.28. The Balaban J connectivity index is 2.82. The molecular formula is C13H18BrN3O3. The van der Waals surface area contributed by atoms with Crippen LogP contribution in [0.25, 0.3) is 0 Å². The van der Waals surface area contributed by atoms with Gasteiger partial charge in [-0.15, -0.1) is 0 Å². The van der Waals surface area contributed by atoms with Gasteiger partial charge >= 0.3 is 0 Å². The van der Waals surface area contributed by atoms with E-state index in [1.807, 2.05) is 13.8 Å². The second-order valence-corrected chi connectivity index (χ2v) is 5.15. The van der Waals surface area contributed by atoms with E-state index in [-0.39, 0.29) is 18.1 Å². The highest BCUT2D eigenvalue weighted by Gasteiger charge is 2.15. The number of hydrogen-bond donors (Lipinski definition) is 1. The van der Waals surface area contributed by atoms with Crippen LogP contribution < -0.4 is 5.32 Å². The smallest absolute Gasteiger partial charge is 0.273 e. The molecule has 0 fully saturated rings. The van der Waals surface area contributed by atoms with Gasteiger partial charge in [0.1, 0.15) is 0 Å². The van der Waals surface area contributed by atoms with E-state index >= 15 is 0 Å². The number of nitrogens with zero attached hydrogens (tertiary/aromatic N) is 2. The summed E-state index contributed by atoms with van der Waals surface area (Å²) >= 11 is 3.28. The van der Waals surface area contributed by atoms with Crippen LogP contribution >= 0.6 is 15.9 Å². The normalized spacial score (nSPS) is 10.2. The van der Waals surface area contributed by atoms with Crippen LogP contribution in [-0.4, -0.2) is 35.4 Å². The summed E-state index contributed by atoms with van der Waals surface area (Å²) in [6.45, 7) is 7.01. The average molecular weight is 344 g/mol. The standard InChI is InChI=1S/C13H18BrN3O3/c1-4-16(5-2)13(18)8-15-11-6-9(3)12(17(19)20)7-10(11)14/h6-7,15H,4-5,8H2,1-3H3. The first-order valence-electron chi connectivity index (χ1n) is 6.36. The van der Waals surface area contributed by atoms with Gasteiger partial charge in [-0.2, -0.15) is 0 Å². The highest BCUT2D eigenvalue weighted by atomic mass is 79.9. The number of amides is 1. The van der Waals surface area contributed by atoms with E-state index in [0.717, 1.165) is 0 Å². The molecule has 1 N–H and O–H groups in total. The summed E-state index contributed by atoms with van der Waals surface area (Å²) in [5.74, 6) is -0.00194. The lowest BCUT2D eigenvalue weighted by Crippen LogP contribution is -2.35. The van der Waals surface area contributed by atoms with Gasteiger partial charge in [-0.3, -0.25) is 14.9 Å². The number of nitro groups is 1. The molecule has 0 spiro atoms. The van der Waals surface area contributed by atoms with Gasteiger partial charge in [0.05, 0.1) is 11.5 Å². The zero-order chi connectivity index (χ0) is 15.3. The number of benzene rings is 1. The minimum absolute atomic E-state index is 0.00194. The Morgan fingerprint density at radius 3 is 2.50 bits per heavy atom. The van der Waals surface area contributed by atoms with E-state index in [4.69, 9.17) is 0 Å². The SMILES string of the molecule is CCN(CC)C(=O)CNc1cc(C)c([N+](=O)[O-])cc1Br. The zero-order valence-corrected chi connectivity index (χ0v) is 13.4. The third-order valence-corrected chi connectivity index (χ3v) is 3.68. The van der Waals surface area contributed by atoms with E-state index in [1.54, 1.807) is 17.9 Å². The molecule has 0 aliphatic rings. The summed E-state index contributed by atoms with van der Waals surface area (Å²) in [4.78, 5) is 24.0. The Labute approximate surface area is 126 Å². The molecule has 0 bridgehead atoms. The molecule has 7 heteroatoms. The van der Waals surface area contributed by atoms with Crippen LogP contribution in [0.15, 0.2) is 16.6 Å². The Morgan fingerprint density at radius 1 is 1.40 bits per heavy atom. The van der Waals surface area contributed by atoms with Crippen molar-refractivity contribution in [1.82, 2.24) is 4.90 Å². The van der Waals surface area contributed by atoms with E-state index in [9.17, 15) is 14.9 Å². The highest BCUT2D eigenvalue weighted by molar-refractivity contribution is 9.10. The number of nitro benzene ring substituents is 1. The molecule has 0 aliphatic carbocycles. The summed E-state index contributed by atoms with van der Waals surface area (Å²) in [5, 5.41) is 13.8. The maximum atomic E-state index is 11.9. The molecular weight excluding hydrogens is 326 g/mol. The van der Waals surface area contributed by atoms with Crippen LogP contribution in [0, 0.1) is 17.0 Å². The van der Waals surface area contributed by atoms with Gasteiger partial charge < -0.3 is 10.2 Å². The van der Waals surface area contributed by atoms with E-state index in [2.05, 4.69) is 21.2 Å². The van der Waals surface area contributed by atoms with E-state index < -0.39 is 4.92 Å². The lowest BCUT2D eigenvalue weighted by Gasteiger charge is -2.19. The molecule has 1 amide bonds. The van der Waals surface area contributed by atoms with Gasteiger partial charge in [-0.25, -0.2) is 0 Å². The van der Waals surface area contributed by atoms with Crippen molar-refractivity contribution >= 4 is 33.2 Å². The fourth-order valence-electron chi connectivity index (χ4n) is 1.86. The molecule has 0 saturated carbocycles. The molecule has 0 unspecified atom stereocenters. The van der Waals surface area contributed by atoms with Crippen LogP contribution in [-0.2, 0) is 4.79 Å². The van der Waals surface area contributed by atoms with Crippen molar-refractivity contribution in [1.29, 1.82) is 0 Å². The molecule has 1 rings (SSSR count). The van der Waals surface area contributed by atoms with Gasteiger partial charge in [0.25, 0.3) is 5.69 Å². The molecule has 110 valence electrons. The van der Waals surface area contributed by atoms with Crippen molar-refractivity contribution in [3.8, 4) is 0 Å². The van der Waals surface area contributed by atoms with Crippen molar-refractivity contribution in [3.63, 3.8) is 0 Å². The first-order valence-corrected chi connectivity index (χ1v) is 7.16. The number of likely N-dealkylation sites (N-methyl/N-ethyl adjacent to an activating group) is 1. The topological polar surface area (TPSA) is 75.5 Å². The largest absolute Gasteiger partial charge is 0.375 e. The number of carbonyl (C=O) groups is 1. The van der Waals surface area contributed by atoms with E-state index in [0.29, 0.717) is 28.8 Å². The van der Waals surface area contributed by atoms with Gasteiger partial charge in [-0.1, -0.05) is 0 Å². The minimum Gasteiger partial charge on any atom is -0.375 e. The highest BCUT2D eigenvalue weighted by Crippen LogP contribution is 2.30. The van der Waals surface area contributed by atoms with Crippen LogP contribution in [0.1, 0.15) is 19.4 Å². The molecule has 1 aromatic carbocycles. The van der Waals surface area contributed by atoms with Crippen LogP contribution in [0.3, 0.4) is 0 Å². The number of halogens is 1. The maximum Gasteiger partial charge on any atom is 0.273 e.